The van der Waals surface area contributed by atoms with Gasteiger partial charge in [-0.05, 0) is 146 Å². The van der Waals surface area contributed by atoms with Gasteiger partial charge in [0, 0.05) is 38.6 Å². The summed E-state index contributed by atoms with van der Waals surface area (Å²) >= 11 is 0. The van der Waals surface area contributed by atoms with Crippen molar-refractivity contribution in [2.45, 2.75) is 118 Å². The largest absolute Gasteiger partial charge is 0.478 e. The average Bonchev–Trinajstić information content (AvgIpc) is 3.26. The van der Waals surface area contributed by atoms with Crippen molar-refractivity contribution in [2.75, 3.05) is 26.2 Å². The lowest BCUT2D eigenvalue weighted by atomic mass is 9.33. The number of carboxylic acid groups (broad SMARTS) is 1. The second kappa shape index (κ2) is 12.5. The number of hydrogen-bond donors (Lipinski definition) is 2. The number of fused-ring (bicyclic) bond motifs is 7. The van der Waals surface area contributed by atoms with Crippen LogP contribution in [-0.4, -0.2) is 64.5 Å². The molecule has 7 rings (SSSR count). The van der Waals surface area contributed by atoms with Crippen LogP contribution in [0.25, 0.3) is 5.57 Å². The summed E-state index contributed by atoms with van der Waals surface area (Å²) in [6.07, 6.45) is 13.5. The van der Waals surface area contributed by atoms with Gasteiger partial charge in [-0.15, -0.1) is 0 Å². The van der Waals surface area contributed by atoms with Crippen LogP contribution < -0.4 is 5.32 Å². The van der Waals surface area contributed by atoms with Crippen LogP contribution in [0.2, 0.25) is 0 Å². The van der Waals surface area contributed by atoms with Gasteiger partial charge in [-0.3, -0.25) is 4.79 Å². The van der Waals surface area contributed by atoms with Crippen LogP contribution in [0.5, 0.6) is 0 Å². The highest BCUT2D eigenvalue weighted by Crippen LogP contribution is 2.76. The first kappa shape index (κ1) is 36.3. The Kier molecular flexibility index (Phi) is 8.90. The highest BCUT2D eigenvalue weighted by Gasteiger charge is 2.70. The van der Waals surface area contributed by atoms with E-state index >= 15 is 0 Å². The Labute approximate surface area is 306 Å². The molecule has 5 fully saturated rings. The van der Waals surface area contributed by atoms with Gasteiger partial charge in [0.2, 0.25) is 5.91 Å². The van der Waals surface area contributed by atoms with Crippen LogP contribution >= 0.6 is 0 Å². The van der Waals surface area contributed by atoms with E-state index in [1.54, 1.807) is 19.1 Å². The van der Waals surface area contributed by atoms with Crippen molar-refractivity contribution in [3.05, 3.63) is 53.6 Å². The van der Waals surface area contributed by atoms with Crippen LogP contribution in [0.15, 0.2) is 42.5 Å². The number of aromatic carboxylic acids is 1. The summed E-state index contributed by atoms with van der Waals surface area (Å²) in [6.45, 7) is 23.8. The number of amides is 3. The minimum Gasteiger partial charge on any atom is -0.478 e. The lowest BCUT2D eigenvalue weighted by molar-refractivity contribution is -0.218. The molecule has 1 heterocycles. The Morgan fingerprint density at radius 1 is 0.804 bits per heavy atom. The number of benzene rings is 1. The number of nitrogens with one attached hydrogen (secondary N) is 1. The van der Waals surface area contributed by atoms with E-state index in [-0.39, 0.29) is 39.1 Å². The maximum absolute atomic E-state index is 14.1. The first-order valence-electron chi connectivity index (χ1n) is 20.0. The second-order valence-electron chi connectivity index (χ2n) is 19.0. The molecule has 3 amide bonds. The minimum absolute atomic E-state index is 0.0197. The van der Waals surface area contributed by atoms with E-state index < -0.39 is 5.97 Å². The fourth-order valence-corrected chi connectivity index (χ4v) is 14.0. The van der Waals surface area contributed by atoms with Crippen LogP contribution in [0.1, 0.15) is 129 Å². The Balaban J connectivity index is 1.17. The molecule has 2 N–H and O–H groups in total. The molecule has 7 nitrogen and oxygen atoms in total. The molecule has 51 heavy (non-hydrogen) atoms. The summed E-state index contributed by atoms with van der Waals surface area (Å²) in [5.41, 5.74) is 4.47. The normalized spacial score (nSPS) is 40.1. The van der Waals surface area contributed by atoms with E-state index in [1.165, 1.54) is 36.8 Å². The van der Waals surface area contributed by atoms with Gasteiger partial charge in [0.25, 0.3) is 0 Å². The zero-order chi connectivity index (χ0) is 36.7. The molecule has 1 aliphatic heterocycles. The van der Waals surface area contributed by atoms with E-state index in [9.17, 15) is 19.5 Å². The zero-order valence-electron chi connectivity index (χ0n) is 32.4. The van der Waals surface area contributed by atoms with Crippen molar-refractivity contribution in [3.63, 3.8) is 0 Å². The lowest BCUT2D eigenvalue weighted by Crippen LogP contribution is -2.68. The quantitative estimate of drug-likeness (QED) is 0.307. The number of carbonyl (C=O) groups is 3. The third-order valence-corrected chi connectivity index (χ3v) is 16.7. The molecule has 4 saturated carbocycles. The third kappa shape index (κ3) is 5.44. The number of carboxylic acids is 1. The highest BCUT2D eigenvalue weighted by molar-refractivity contribution is 5.88. The van der Waals surface area contributed by atoms with E-state index in [0.717, 1.165) is 50.6 Å². The van der Waals surface area contributed by atoms with Gasteiger partial charge < -0.3 is 20.2 Å². The summed E-state index contributed by atoms with van der Waals surface area (Å²) in [4.78, 5) is 41.7. The molecule has 1 saturated heterocycles. The number of urea groups is 1. The number of rotatable bonds is 4. The Morgan fingerprint density at radius 3 is 2.16 bits per heavy atom. The van der Waals surface area contributed by atoms with E-state index in [4.69, 9.17) is 0 Å². The van der Waals surface area contributed by atoms with Crippen LogP contribution in [0.4, 0.5) is 4.79 Å². The minimum atomic E-state index is -0.879. The summed E-state index contributed by atoms with van der Waals surface area (Å²) in [5.74, 6) is 1.72. The fraction of sp³-hybridized carbons (Fsp3) is 0.705. The van der Waals surface area contributed by atoms with Crippen molar-refractivity contribution < 1.29 is 19.5 Å². The summed E-state index contributed by atoms with van der Waals surface area (Å²) < 4.78 is 0. The molecule has 0 bridgehead atoms. The zero-order valence-corrected chi connectivity index (χ0v) is 32.4. The van der Waals surface area contributed by atoms with Crippen LogP contribution in [0.3, 0.4) is 0 Å². The smallest absolute Gasteiger partial charge is 0.335 e. The second-order valence-corrected chi connectivity index (χ2v) is 19.0. The van der Waals surface area contributed by atoms with Crippen molar-refractivity contribution in [3.8, 4) is 0 Å². The number of hydrogen-bond acceptors (Lipinski definition) is 3. The molecule has 1 aromatic carbocycles. The molecule has 278 valence electrons. The monoisotopic (exact) mass is 697 g/mol. The molecule has 1 aromatic rings. The standard InChI is InChI=1S/C44H63N3O4/c1-28(2)32-16-21-44(45-39(51)47-25-9-24-46(26-27-47)29(3)48)23-22-42(7)34(37(32)44)14-15-36-41(6)19-17-33(30-10-12-31(13-11-30)38(49)50)40(4,5)35(41)18-20-43(36,42)8/h10-13,17,32,34-37H,1,9,14-16,18-27H2,2-8H3,(H,45,51)(H,49,50)/t32-,34+,35-,36+,37+,41-,42+,43+,44-/m0/s1. The first-order valence-corrected chi connectivity index (χ1v) is 20.0. The number of carbonyl (C=O) groups excluding carboxylic acids is 2. The van der Waals surface area contributed by atoms with Gasteiger partial charge in [0.15, 0.2) is 0 Å². The van der Waals surface area contributed by atoms with E-state index in [0.29, 0.717) is 54.8 Å². The number of nitrogens with zero attached hydrogens (tertiary/aromatic N) is 2. The molecule has 5 aliphatic carbocycles. The Bertz CT molecular complexity index is 1630. The predicted octanol–water partition coefficient (Wildman–Crippen LogP) is 9.05. The van der Waals surface area contributed by atoms with Crippen molar-refractivity contribution in [1.29, 1.82) is 0 Å². The van der Waals surface area contributed by atoms with Crippen molar-refractivity contribution in [1.82, 2.24) is 15.1 Å². The Hall–Kier alpha value is -3.09. The number of allylic oxidation sites excluding steroid dienone is 3. The van der Waals surface area contributed by atoms with Crippen molar-refractivity contribution >= 4 is 23.5 Å². The van der Waals surface area contributed by atoms with E-state index in [2.05, 4.69) is 59.5 Å². The van der Waals surface area contributed by atoms with Gasteiger partial charge in [-0.2, -0.15) is 0 Å². The molecule has 0 aromatic heterocycles. The van der Waals surface area contributed by atoms with Crippen molar-refractivity contribution in [2.24, 2.45) is 51.2 Å². The molecule has 9 atom stereocenters. The van der Waals surface area contributed by atoms with Gasteiger partial charge >= 0.3 is 12.0 Å². The van der Waals surface area contributed by atoms with Gasteiger partial charge in [0.1, 0.15) is 0 Å². The predicted molar refractivity (Wildman–Crippen MR) is 203 cm³/mol. The SMILES string of the molecule is C=C(C)[C@@H]1CC[C@]2(NC(=O)N3CCCN(C(C)=O)CC3)CC[C@]3(C)[C@H](CC[C@@H]4[C@@]5(C)CC=C(c6ccc(C(=O)O)cc6)C(C)(C)[C@@H]5CC[C@]43C)[C@@H]12. The first-order chi connectivity index (χ1) is 24.0. The van der Waals surface area contributed by atoms with Gasteiger partial charge in [0.05, 0.1) is 5.56 Å². The average molecular weight is 698 g/mol. The Morgan fingerprint density at radius 2 is 1.49 bits per heavy atom. The van der Waals surface area contributed by atoms with E-state index in [1.807, 2.05) is 21.9 Å². The van der Waals surface area contributed by atoms with Crippen LogP contribution in [0, 0.1) is 51.2 Å². The van der Waals surface area contributed by atoms with Gasteiger partial charge in [-0.25, -0.2) is 9.59 Å². The highest BCUT2D eigenvalue weighted by atomic mass is 16.4. The molecule has 6 aliphatic rings. The molecule has 0 unspecified atom stereocenters. The maximum Gasteiger partial charge on any atom is 0.335 e. The summed E-state index contributed by atoms with van der Waals surface area (Å²) in [7, 11) is 0. The molecule has 0 spiro atoms. The lowest BCUT2D eigenvalue weighted by Gasteiger charge is -2.72. The summed E-state index contributed by atoms with van der Waals surface area (Å²) in [5, 5.41) is 13.2. The summed E-state index contributed by atoms with van der Waals surface area (Å²) in [6, 6.07) is 7.60. The van der Waals surface area contributed by atoms with Gasteiger partial charge in [-0.1, -0.05) is 65.0 Å². The molecular formula is C44H63N3O4. The third-order valence-electron chi connectivity index (χ3n) is 16.7. The molecule has 0 radical (unpaired) electrons. The fourth-order valence-electron chi connectivity index (χ4n) is 14.0. The maximum atomic E-state index is 14.1. The molecule has 7 heteroatoms. The van der Waals surface area contributed by atoms with Crippen LogP contribution in [-0.2, 0) is 4.79 Å². The molecular weight excluding hydrogens is 635 g/mol. The topological polar surface area (TPSA) is 90.0 Å².